The first kappa shape index (κ1) is 14.3. The summed E-state index contributed by atoms with van der Waals surface area (Å²) in [5.74, 6) is -1.43. The number of rotatable bonds is 3. The van der Waals surface area contributed by atoms with Gasteiger partial charge in [0.2, 0.25) is 11.1 Å². The molecule has 1 aromatic heterocycles. The molecule has 5 nitrogen and oxygen atoms in total. The molecule has 2 aromatic rings. The van der Waals surface area contributed by atoms with E-state index in [2.05, 4.69) is 5.10 Å². The lowest BCUT2D eigenvalue weighted by molar-refractivity contribution is 0.0686. The van der Waals surface area contributed by atoms with E-state index in [1.165, 1.54) is 4.68 Å². The van der Waals surface area contributed by atoms with Crippen molar-refractivity contribution < 1.29 is 9.90 Å². The van der Waals surface area contributed by atoms with Crippen molar-refractivity contribution in [3.63, 3.8) is 0 Å². The maximum atomic E-state index is 12.0. The molecule has 0 radical (unpaired) electrons. The molecule has 1 N–H and O–H groups in total. The minimum Gasteiger partial charge on any atom is -0.476 e. The number of halogens is 1. The number of nitrogens with zero attached hydrogens (tertiary/aromatic N) is 2. The van der Waals surface area contributed by atoms with Gasteiger partial charge in [0.25, 0.3) is 0 Å². The lowest BCUT2D eigenvalue weighted by atomic mass is 10.0. The Morgan fingerprint density at radius 1 is 1.30 bits per heavy atom. The second kappa shape index (κ2) is 5.46. The summed E-state index contributed by atoms with van der Waals surface area (Å²) in [6.07, 6.45) is 1.56. The zero-order chi connectivity index (χ0) is 14.9. The molecule has 1 aromatic carbocycles. The molecule has 0 bridgehead atoms. The highest BCUT2D eigenvalue weighted by molar-refractivity contribution is 6.30. The van der Waals surface area contributed by atoms with Crippen molar-refractivity contribution in [2.75, 3.05) is 0 Å². The lowest BCUT2D eigenvalue weighted by Gasteiger charge is -2.11. The normalized spacial score (nSPS) is 10.8. The molecule has 0 atom stereocenters. The Morgan fingerprint density at radius 2 is 1.90 bits per heavy atom. The zero-order valence-corrected chi connectivity index (χ0v) is 11.8. The first-order valence-electron chi connectivity index (χ1n) is 6.03. The second-order valence-electron chi connectivity index (χ2n) is 4.64. The van der Waals surface area contributed by atoms with E-state index < -0.39 is 17.1 Å². The average Bonchev–Trinajstić information content (AvgIpc) is 2.39. The molecule has 0 fully saturated rings. The van der Waals surface area contributed by atoms with Gasteiger partial charge in [0.1, 0.15) is 0 Å². The molecule has 6 heteroatoms. The summed E-state index contributed by atoms with van der Waals surface area (Å²) >= 11 is 5.81. The van der Waals surface area contributed by atoms with Gasteiger partial charge in [0.05, 0.1) is 5.69 Å². The van der Waals surface area contributed by atoms with Crippen LogP contribution in [-0.4, -0.2) is 20.9 Å². The third kappa shape index (κ3) is 2.72. The maximum Gasteiger partial charge on any atom is 0.360 e. The van der Waals surface area contributed by atoms with E-state index in [0.717, 1.165) is 0 Å². The Bertz CT molecular complexity index is 705. The highest BCUT2D eigenvalue weighted by Crippen LogP contribution is 2.15. The molecule has 104 valence electrons. The second-order valence-corrected chi connectivity index (χ2v) is 5.08. The molecule has 0 saturated carbocycles. The van der Waals surface area contributed by atoms with Crippen LogP contribution in [0.3, 0.4) is 0 Å². The average molecular weight is 293 g/mol. The summed E-state index contributed by atoms with van der Waals surface area (Å²) in [7, 11) is 0. The van der Waals surface area contributed by atoms with Crippen molar-refractivity contribution in [3.05, 3.63) is 57.0 Å². The van der Waals surface area contributed by atoms with E-state index in [1.54, 1.807) is 30.5 Å². The number of hydrogen-bond donors (Lipinski definition) is 1. The number of carbonyl (C=O) groups is 1. The van der Waals surface area contributed by atoms with Gasteiger partial charge in [-0.05, 0) is 30.2 Å². The molecule has 0 unspecified atom stereocenters. The molecule has 0 saturated heterocycles. The SMILES string of the molecule is CC(C)c1cn(-c2ccc(Cl)cc2)nc(C(=O)O)c1=O. The van der Waals surface area contributed by atoms with E-state index in [-0.39, 0.29) is 5.92 Å². The minimum absolute atomic E-state index is 0.0952. The summed E-state index contributed by atoms with van der Waals surface area (Å²) in [5.41, 5.74) is 0.0232. The van der Waals surface area contributed by atoms with Gasteiger partial charge in [-0.25, -0.2) is 9.48 Å². The van der Waals surface area contributed by atoms with Crippen LogP contribution in [0.5, 0.6) is 0 Å². The molecule has 20 heavy (non-hydrogen) atoms. The minimum atomic E-state index is -1.33. The Balaban J connectivity index is 2.68. The molecule has 0 spiro atoms. The standard InChI is InChI=1S/C14H13ClN2O3/c1-8(2)11-7-17(10-5-3-9(15)4-6-10)16-12(13(11)18)14(19)20/h3-8H,1-2H3,(H,19,20). The van der Waals surface area contributed by atoms with Crippen LogP contribution < -0.4 is 5.43 Å². The fourth-order valence-corrected chi connectivity index (χ4v) is 1.91. The maximum absolute atomic E-state index is 12.0. The summed E-state index contributed by atoms with van der Waals surface area (Å²) in [4.78, 5) is 23.1. The van der Waals surface area contributed by atoms with Gasteiger partial charge >= 0.3 is 5.97 Å². The van der Waals surface area contributed by atoms with Crippen molar-refractivity contribution in [2.24, 2.45) is 0 Å². The first-order chi connectivity index (χ1) is 9.40. The topological polar surface area (TPSA) is 72.2 Å². The molecule has 0 aliphatic carbocycles. The summed E-state index contributed by atoms with van der Waals surface area (Å²) in [6, 6.07) is 6.75. The van der Waals surface area contributed by atoms with Gasteiger partial charge in [-0.2, -0.15) is 5.10 Å². The molecule has 1 heterocycles. The Morgan fingerprint density at radius 3 is 2.40 bits per heavy atom. The highest BCUT2D eigenvalue weighted by Gasteiger charge is 2.18. The lowest BCUT2D eigenvalue weighted by Crippen LogP contribution is -2.25. The summed E-state index contributed by atoms with van der Waals surface area (Å²) < 4.78 is 1.39. The molecular formula is C14H13ClN2O3. The van der Waals surface area contributed by atoms with E-state index in [1.807, 2.05) is 13.8 Å². The van der Waals surface area contributed by atoms with Crippen molar-refractivity contribution >= 4 is 17.6 Å². The number of benzene rings is 1. The van der Waals surface area contributed by atoms with Crippen LogP contribution in [0.1, 0.15) is 35.8 Å². The van der Waals surface area contributed by atoms with Gasteiger partial charge in [-0.15, -0.1) is 0 Å². The predicted octanol–water partition coefficient (Wildman–Crippen LogP) is 2.71. The van der Waals surface area contributed by atoms with E-state index in [9.17, 15) is 9.59 Å². The van der Waals surface area contributed by atoms with E-state index >= 15 is 0 Å². The Labute approximate surface area is 120 Å². The van der Waals surface area contributed by atoms with Crippen LogP contribution in [0.25, 0.3) is 5.69 Å². The number of aromatic carboxylic acids is 1. The molecular weight excluding hydrogens is 280 g/mol. The fraction of sp³-hybridized carbons (Fsp3) is 0.214. The largest absolute Gasteiger partial charge is 0.476 e. The Kier molecular flexibility index (Phi) is 3.90. The van der Waals surface area contributed by atoms with Crippen molar-refractivity contribution in [2.45, 2.75) is 19.8 Å². The number of carboxylic acid groups (broad SMARTS) is 1. The third-order valence-electron chi connectivity index (χ3n) is 2.86. The monoisotopic (exact) mass is 292 g/mol. The van der Waals surface area contributed by atoms with Gasteiger partial charge in [-0.1, -0.05) is 25.4 Å². The zero-order valence-electron chi connectivity index (χ0n) is 11.0. The van der Waals surface area contributed by atoms with Gasteiger partial charge in [0, 0.05) is 16.8 Å². The van der Waals surface area contributed by atoms with Crippen molar-refractivity contribution in [3.8, 4) is 5.69 Å². The van der Waals surface area contributed by atoms with Crippen LogP contribution in [0.15, 0.2) is 35.3 Å². The van der Waals surface area contributed by atoms with Gasteiger partial charge in [0.15, 0.2) is 0 Å². The fourth-order valence-electron chi connectivity index (χ4n) is 1.79. The smallest absolute Gasteiger partial charge is 0.360 e. The summed E-state index contributed by atoms with van der Waals surface area (Å²) in [5, 5.41) is 13.5. The van der Waals surface area contributed by atoms with Crippen LogP contribution in [0.4, 0.5) is 0 Å². The molecule has 0 amide bonds. The predicted molar refractivity (Wildman–Crippen MR) is 75.9 cm³/mol. The number of hydrogen-bond acceptors (Lipinski definition) is 3. The van der Waals surface area contributed by atoms with E-state index in [0.29, 0.717) is 16.3 Å². The van der Waals surface area contributed by atoms with E-state index in [4.69, 9.17) is 16.7 Å². The first-order valence-corrected chi connectivity index (χ1v) is 6.41. The van der Waals surface area contributed by atoms with Crippen LogP contribution in [0, 0.1) is 0 Å². The summed E-state index contributed by atoms with van der Waals surface area (Å²) in [6.45, 7) is 3.66. The van der Waals surface area contributed by atoms with Crippen LogP contribution in [-0.2, 0) is 0 Å². The van der Waals surface area contributed by atoms with Crippen LogP contribution >= 0.6 is 11.6 Å². The number of aromatic nitrogens is 2. The third-order valence-corrected chi connectivity index (χ3v) is 3.11. The van der Waals surface area contributed by atoms with Gasteiger partial charge < -0.3 is 5.11 Å². The highest BCUT2D eigenvalue weighted by atomic mass is 35.5. The van der Waals surface area contributed by atoms with Crippen molar-refractivity contribution in [1.29, 1.82) is 0 Å². The van der Waals surface area contributed by atoms with Gasteiger partial charge in [-0.3, -0.25) is 4.79 Å². The number of carboxylic acids is 1. The molecule has 0 aliphatic rings. The quantitative estimate of drug-likeness (QED) is 0.944. The van der Waals surface area contributed by atoms with Crippen molar-refractivity contribution in [1.82, 2.24) is 9.78 Å². The molecule has 0 aliphatic heterocycles. The Hall–Kier alpha value is -2.14. The molecule has 2 rings (SSSR count). The van der Waals surface area contributed by atoms with Crippen LogP contribution in [0.2, 0.25) is 5.02 Å².